The summed E-state index contributed by atoms with van der Waals surface area (Å²) in [6.07, 6.45) is 5.21. The van der Waals surface area contributed by atoms with Crippen molar-refractivity contribution >= 4 is 11.9 Å². The molecule has 0 aliphatic carbocycles. The normalized spacial score (nSPS) is 19.4. The molecule has 0 atom stereocenters. The van der Waals surface area contributed by atoms with Crippen LogP contribution in [0.5, 0.6) is 5.75 Å². The fourth-order valence-electron chi connectivity index (χ4n) is 2.44. The maximum Gasteiger partial charge on any atom is 0.323 e. The van der Waals surface area contributed by atoms with Crippen LogP contribution in [-0.4, -0.2) is 35.5 Å². The summed E-state index contributed by atoms with van der Waals surface area (Å²) in [5.74, 6) is -0.584. The second kappa shape index (κ2) is 8.19. The van der Waals surface area contributed by atoms with E-state index in [9.17, 15) is 9.59 Å². The minimum atomic E-state index is -1.04. The Hall–Kier alpha value is -2.76. The van der Waals surface area contributed by atoms with Crippen LogP contribution in [0.25, 0.3) is 0 Å². The third-order valence-corrected chi connectivity index (χ3v) is 3.79. The van der Waals surface area contributed by atoms with Gasteiger partial charge in [-0.05, 0) is 37.5 Å². The monoisotopic (exact) mass is 330 g/mol. The summed E-state index contributed by atoms with van der Waals surface area (Å²) < 4.78 is 5.12. The van der Waals surface area contributed by atoms with Crippen LogP contribution >= 0.6 is 0 Å². The third-order valence-electron chi connectivity index (χ3n) is 3.79. The molecule has 1 aliphatic rings. The molecule has 1 aromatic rings. The van der Waals surface area contributed by atoms with Crippen molar-refractivity contribution in [1.29, 1.82) is 0 Å². The highest BCUT2D eigenvalue weighted by Gasteiger charge is 2.23. The molecule has 0 bridgehead atoms. The van der Waals surface area contributed by atoms with E-state index in [1.165, 1.54) is 4.90 Å². The van der Waals surface area contributed by atoms with Gasteiger partial charge in [-0.2, -0.15) is 0 Å². The zero-order valence-corrected chi connectivity index (χ0v) is 13.9. The topological polar surface area (TPSA) is 78.9 Å². The van der Waals surface area contributed by atoms with Crippen LogP contribution in [0.2, 0.25) is 0 Å². The van der Waals surface area contributed by atoms with Crippen LogP contribution in [0.1, 0.15) is 25.3 Å². The molecule has 2 rings (SSSR count). The first-order chi connectivity index (χ1) is 11.5. The molecule has 1 heterocycles. The highest BCUT2D eigenvalue weighted by atomic mass is 16.5. The molecule has 6 heteroatoms. The number of nitrogens with one attached hydrogen (secondary N) is 1. The quantitative estimate of drug-likeness (QED) is 0.836. The van der Waals surface area contributed by atoms with Crippen LogP contribution in [-0.2, 0) is 16.1 Å². The van der Waals surface area contributed by atoms with Crippen LogP contribution < -0.4 is 10.1 Å². The van der Waals surface area contributed by atoms with E-state index in [0.29, 0.717) is 17.9 Å². The Labute approximate surface area is 141 Å². The highest BCUT2D eigenvalue weighted by Crippen LogP contribution is 2.16. The van der Waals surface area contributed by atoms with E-state index >= 15 is 0 Å². The van der Waals surface area contributed by atoms with E-state index in [4.69, 9.17) is 9.84 Å². The van der Waals surface area contributed by atoms with Crippen molar-refractivity contribution in [2.24, 2.45) is 0 Å². The maximum absolute atomic E-state index is 12.6. The van der Waals surface area contributed by atoms with Gasteiger partial charge in [0, 0.05) is 12.2 Å². The van der Waals surface area contributed by atoms with E-state index in [1.54, 1.807) is 14.0 Å². The third kappa shape index (κ3) is 4.62. The summed E-state index contributed by atoms with van der Waals surface area (Å²) in [6.45, 7) is 1.89. The number of carboxylic acids is 1. The number of amides is 1. The second-order valence-corrected chi connectivity index (χ2v) is 5.53. The number of hydrogen-bond donors (Lipinski definition) is 2. The zero-order chi connectivity index (χ0) is 17.5. The average molecular weight is 330 g/mol. The van der Waals surface area contributed by atoms with Gasteiger partial charge in [-0.25, -0.2) is 0 Å². The van der Waals surface area contributed by atoms with Gasteiger partial charge in [0.05, 0.1) is 12.8 Å². The first-order valence-electron chi connectivity index (χ1n) is 7.78. The molecule has 0 spiro atoms. The number of carbonyl (C=O) groups is 2. The lowest BCUT2D eigenvalue weighted by Crippen LogP contribution is -2.39. The molecule has 0 radical (unpaired) electrons. The van der Waals surface area contributed by atoms with Gasteiger partial charge in [0.25, 0.3) is 5.91 Å². The standard InChI is InChI=1S/C18H22N2O4/c1-13-5-3-4-6-16(18(23)20(13)12-17(21)22)19-11-14-7-9-15(24-2)10-8-14/h5-10,19H,3-4,11-12H2,1-2H3,(H,21,22)/b13-5-,16-6+. The number of benzene rings is 1. The molecule has 0 saturated heterocycles. The Kier molecular flexibility index (Phi) is 6.01. The predicted octanol–water partition coefficient (Wildman–Crippen LogP) is 2.28. The van der Waals surface area contributed by atoms with Crippen molar-refractivity contribution < 1.29 is 19.4 Å². The number of aliphatic carboxylic acids is 1. The summed E-state index contributed by atoms with van der Waals surface area (Å²) in [5.41, 5.74) is 2.10. The van der Waals surface area contributed by atoms with Crippen molar-refractivity contribution in [1.82, 2.24) is 10.2 Å². The number of carbonyl (C=O) groups excluding carboxylic acids is 1. The predicted molar refractivity (Wildman–Crippen MR) is 90.3 cm³/mol. The molecule has 1 amide bonds. The van der Waals surface area contributed by atoms with E-state index in [1.807, 2.05) is 36.4 Å². The molecular formula is C18H22N2O4. The van der Waals surface area contributed by atoms with Gasteiger partial charge < -0.3 is 20.1 Å². The second-order valence-electron chi connectivity index (χ2n) is 5.53. The van der Waals surface area contributed by atoms with Gasteiger partial charge in [0.2, 0.25) is 0 Å². The van der Waals surface area contributed by atoms with Crippen LogP contribution in [0, 0.1) is 0 Å². The average Bonchev–Trinajstić information content (AvgIpc) is 2.57. The van der Waals surface area contributed by atoms with Gasteiger partial charge in [-0.1, -0.05) is 24.3 Å². The van der Waals surface area contributed by atoms with Crippen molar-refractivity contribution in [2.45, 2.75) is 26.3 Å². The molecule has 0 saturated carbocycles. The number of methoxy groups -OCH3 is 1. The summed E-state index contributed by atoms with van der Waals surface area (Å²) in [6, 6.07) is 7.55. The lowest BCUT2D eigenvalue weighted by molar-refractivity contribution is -0.142. The SMILES string of the molecule is COc1ccc(CN/C2=C/CC/C=C(/C)N(CC(=O)O)C2=O)cc1. The molecule has 1 aromatic carbocycles. The molecule has 128 valence electrons. The number of ether oxygens (including phenoxy) is 1. The minimum Gasteiger partial charge on any atom is -0.497 e. The van der Waals surface area contributed by atoms with Gasteiger partial charge >= 0.3 is 5.97 Å². The summed E-state index contributed by atoms with van der Waals surface area (Å²) in [4.78, 5) is 25.0. The van der Waals surface area contributed by atoms with Crippen molar-refractivity contribution in [3.8, 4) is 5.75 Å². The first-order valence-corrected chi connectivity index (χ1v) is 7.78. The molecule has 2 N–H and O–H groups in total. The first kappa shape index (κ1) is 17.6. The number of rotatable bonds is 6. The van der Waals surface area contributed by atoms with E-state index in [0.717, 1.165) is 24.2 Å². The smallest absolute Gasteiger partial charge is 0.323 e. The number of hydrogen-bond acceptors (Lipinski definition) is 4. The maximum atomic E-state index is 12.6. The lowest BCUT2D eigenvalue weighted by Gasteiger charge is -2.25. The molecule has 0 aromatic heterocycles. The molecule has 6 nitrogen and oxygen atoms in total. The van der Waals surface area contributed by atoms with Crippen LogP contribution in [0.3, 0.4) is 0 Å². The molecule has 1 aliphatic heterocycles. The van der Waals surface area contributed by atoms with E-state index in [-0.39, 0.29) is 12.5 Å². The zero-order valence-electron chi connectivity index (χ0n) is 13.9. The van der Waals surface area contributed by atoms with Gasteiger partial charge in [0.15, 0.2) is 0 Å². The molecule has 0 unspecified atom stereocenters. The Morgan fingerprint density at radius 2 is 1.92 bits per heavy atom. The Bertz CT molecular complexity index is 662. The van der Waals surface area contributed by atoms with Gasteiger partial charge in [-0.3, -0.25) is 9.59 Å². The van der Waals surface area contributed by atoms with Crippen molar-refractivity contribution in [2.75, 3.05) is 13.7 Å². The molecule has 24 heavy (non-hydrogen) atoms. The number of nitrogens with zero attached hydrogens (tertiary/aromatic N) is 1. The Morgan fingerprint density at radius 1 is 1.25 bits per heavy atom. The summed E-state index contributed by atoms with van der Waals surface area (Å²) in [7, 11) is 1.61. The van der Waals surface area contributed by atoms with Crippen LogP contribution in [0.15, 0.2) is 47.8 Å². The molecule has 0 fully saturated rings. The number of carboxylic acid groups (broad SMARTS) is 1. The molecular weight excluding hydrogens is 308 g/mol. The summed E-state index contributed by atoms with van der Waals surface area (Å²) in [5, 5.41) is 12.2. The van der Waals surface area contributed by atoms with E-state index < -0.39 is 5.97 Å². The number of allylic oxidation sites excluding steroid dienone is 3. The minimum absolute atomic E-state index is 0.320. The lowest BCUT2D eigenvalue weighted by atomic mass is 10.1. The Balaban J connectivity index is 2.09. The largest absolute Gasteiger partial charge is 0.497 e. The van der Waals surface area contributed by atoms with Crippen molar-refractivity contribution in [3.63, 3.8) is 0 Å². The fraction of sp³-hybridized carbons (Fsp3) is 0.333. The highest BCUT2D eigenvalue weighted by molar-refractivity contribution is 5.95. The van der Waals surface area contributed by atoms with Crippen LogP contribution in [0.4, 0.5) is 0 Å². The fourth-order valence-corrected chi connectivity index (χ4v) is 2.44. The Morgan fingerprint density at radius 3 is 2.54 bits per heavy atom. The van der Waals surface area contributed by atoms with E-state index in [2.05, 4.69) is 5.32 Å². The van der Waals surface area contributed by atoms with Gasteiger partial charge in [-0.15, -0.1) is 0 Å². The van der Waals surface area contributed by atoms with Crippen molar-refractivity contribution in [3.05, 3.63) is 53.4 Å². The summed E-state index contributed by atoms with van der Waals surface area (Å²) >= 11 is 0. The van der Waals surface area contributed by atoms with Gasteiger partial charge in [0.1, 0.15) is 12.3 Å².